The van der Waals surface area contributed by atoms with Gasteiger partial charge in [-0.15, -0.1) is 12.6 Å². The molecule has 1 aromatic carbocycles. The van der Waals surface area contributed by atoms with Crippen LogP contribution in [0.5, 0.6) is 0 Å². The molecule has 1 aliphatic rings. The third-order valence-electron chi connectivity index (χ3n) is 3.74. The first-order chi connectivity index (χ1) is 8.18. The summed E-state index contributed by atoms with van der Waals surface area (Å²) in [5, 5.41) is 0. The van der Waals surface area contributed by atoms with Crippen LogP contribution < -0.4 is 0 Å². The summed E-state index contributed by atoms with van der Waals surface area (Å²) in [6.45, 7) is 4.40. The van der Waals surface area contributed by atoms with Crippen molar-refractivity contribution in [2.24, 2.45) is 10.9 Å². The largest absolute Gasteiger partial charge is 0.289 e. The Balaban J connectivity index is 2.11. The van der Waals surface area contributed by atoms with Crippen molar-refractivity contribution in [2.45, 2.75) is 50.5 Å². The van der Waals surface area contributed by atoms with Crippen LogP contribution in [0.2, 0.25) is 0 Å². The summed E-state index contributed by atoms with van der Waals surface area (Å²) < 4.78 is 0. The number of nitrogens with zero attached hydrogens (tertiary/aromatic N) is 1. The Morgan fingerprint density at radius 1 is 1.29 bits per heavy atom. The Bertz CT molecular complexity index is 411. The van der Waals surface area contributed by atoms with Crippen LogP contribution in [0.25, 0.3) is 0 Å². The minimum Gasteiger partial charge on any atom is -0.289 e. The Morgan fingerprint density at radius 2 is 2.06 bits per heavy atom. The van der Waals surface area contributed by atoms with Crippen LogP contribution >= 0.6 is 12.6 Å². The average Bonchev–Trinajstić information content (AvgIpc) is 2.33. The van der Waals surface area contributed by atoms with Crippen molar-refractivity contribution < 1.29 is 0 Å². The quantitative estimate of drug-likeness (QED) is 0.591. The van der Waals surface area contributed by atoms with Crippen LogP contribution in [0.4, 0.5) is 0 Å². The summed E-state index contributed by atoms with van der Waals surface area (Å²) in [5.41, 5.74) is 2.36. The molecule has 17 heavy (non-hydrogen) atoms. The molecule has 0 spiro atoms. The number of benzene rings is 1. The highest BCUT2D eigenvalue weighted by molar-refractivity contribution is 7.80. The molecular weight excluding hydrogens is 226 g/mol. The van der Waals surface area contributed by atoms with Gasteiger partial charge in [0.2, 0.25) is 0 Å². The lowest BCUT2D eigenvalue weighted by Gasteiger charge is -2.25. The Hall–Kier alpha value is -0.760. The summed E-state index contributed by atoms with van der Waals surface area (Å²) in [4.78, 5) is 5.82. The van der Waals surface area contributed by atoms with E-state index in [0.29, 0.717) is 6.04 Å². The number of aryl methyl sites for hydroxylation is 1. The SMILES string of the molecule is Cc1cccc(C=NC2CCCCC2C)c1S. The van der Waals surface area contributed by atoms with Gasteiger partial charge in [0.1, 0.15) is 0 Å². The zero-order valence-electron chi connectivity index (χ0n) is 10.7. The molecule has 2 unspecified atom stereocenters. The predicted molar refractivity (Wildman–Crippen MR) is 77.4 cm³/mol. The lowest BCUT2D eigenvalue weighted by molar-refractivity contribution is 0.333. The van der Waals surface area contributed by atoms with Gasteiger partial charge in [0, 0.05) is 16.7 Å². The fourth-order valence-corrected chi connectivity index (χ4v) is 2.69. The number of hydrogen-bond acceptors (Lipinski definition) is 2. The molecular formula is C15H21NS. The van der Waals surface area contributed by atoms with Crippen molar-refractivity contribution >= 4 is 18.8 Å². The van der Waals surface area contributed by atoms with Crippen molar-refractivity contribution in [3.63, 3.8) is 0 Å². The highest BCUT2D eigenvalue weighted by Gasteiger charge is 2.19. The van der Waals surface area contributed by atoms with Gasteiger partial charge in [-0.05, 0) is 31.2 Å². The normalized spacial score (nSPS) is 25.4. The van der Waals surface area contributed by atoms with Crippen LogP contribution in [-0.2, 0) is 0 Å². The molecule has 0 N–H and O–H groups in total. The minimum absolute atomic E-state index is 0.511. The molecule has 0 saturated heterocycles. The van der Waals surface area contributed by atoms with E-state index in [-0.39, 0.29) is 0 Å². The molecule has 0 bridgehead atoms. The van der Waals surface area contributed by atoms with Gasteiger partial charge >= 0.3 is 0 Å². The van der Waals surface area contributed by atoms with Gasteiger partial charge in [-0.1, -0.05) is 38.0 Å². The van der Waals surface area contributed by atoms with Crippen molar-refractivity contribution in [3.8, 4) is 0 Å². The van der Waals surface area contributed by atoms with Crippen molar-refractivity contribution in [2.75, 3.05) is 0 Å². The highest BCUT2D eigenvalue weighted by atomic mass is 32.1. The van der Waals surface area contributed by atoms with Gasteiger partial charge in [0.25, 0.3) is 0 Å². The standard InChI is InChI=1S/C15H21NS/c1-11-6-3-4-9-14(11)16-10-13-8-5-7-12(2)15(13)17/h5,7-8,10-11,14,17H,3-4,6,9H2,1-2H3. The smallest absolute Gasteiger partial charge is 0.0525 e. The lowest BCUT2D eigenvalue weighted by Crippen LogP contribution is -2.20. The molecule has 1 aliphatic carbocycles. The Labute approximate surface area is 110 Å². The van der Waals surface area contributed by atoms with E-state index in [9.17, 15) is 0 Å². The second-order valence-corrected chi connectivity index (χ2v) is 5.57. The molecule has 92 valence electrons. The molecule has 2 atom stereocenters. The third-order valence-corrected chi connectivity index (χ3v) is 4.35. The van der Waals surface area contributed by atoms with Crippen LogP contribution in [0.15, 0.2) is 28.1 Å². The number of aliphatic imine (C=N–C) groups is 1. The summed E-state index contributed by atoms with van der Waals surface area (Å²) >= 11 is 4.54. The van der Waals surface area contributed by atoms with Crippen LogP contribution in [-0.4, -0.2) is 12.3 Å². The van der Waals surface area contributed by atoms with Crippen molar-refractivity contribution in [3.05, 3.63) is 29.3 Å². The Morgan fingerprint density at radius 3 is 2.82 bits per heavy atom. The summed E-state index contributed by atoms with van der Waals surface area (Å²) in [6, 6.07) is 6.76. The molecule has 1 nitrogen and oxygen atoms in total. The molecule has 1 aromatic rings. The van der Waals surface area contributed by atoms with E-state index in [1.54, 1.807) is 0 Å². The first kappa shape index (κ1) is 12.7. The number of thiol groups is 1. The van der Waals surface area contributed by atoms with E-state index < -0.39 is 0 Å². The maximum absolute atomic E-state index is 4.76. The first-order valence-corrected chi connectivity index (χ1v) is 6.95. The fourth-order valence-electron chi connectivity index (χ4n) is 2.48. The maximum atomic E-state index is 4.76. The maximum Gasteiger partial charge on any atom is 0.0525 e. The van der Waals surface area contributed by atoms with Gasteiger partial charge in [-0.3, -0.25) is 4.99 Å². The number of rotatable bonds is 2. The summed E-state index contributed by atoms with van der Waals surface area (Å²) in [6.07, 6.45) is 7.28. The van der Waals surface area contributed by atoms with Crippen molar-refractivity contribution in [1.29, 1.82) is 0 Å². The van der Waals surface area contributed by atoms with Crippen LogP contribution in [0.1, 0.15) is 43.7 Å². The summed E-state index contributed by atoms with van der Waals surface area (Å²) in [7, 11) is 0. The minimum atomic E-state index is 0.511. The molecule has 2 heteroatoms. The molecule has 2 rings (SSSR count). The zero-order valence-corrected chi connectivity index (χ0v) is 11.6. The van der Waals surface area contributed by atoms with Gasteiger partial charge in [-0.25, -0.2) is 0 Å². The molecule has 0 radical (unpaired) electrons. The van der Waals surface area contributed by atoms with E-state index in [2.05, 4.69) is 44.7 Å². The monoisotopic (exact) mass is 247 g/mol. The number of hydrogen-bond donors (Lipinski definition) is 1. The first-order valence-electron chi connectivity index (χ1n) is 6.50. The van der Waals surface area contributed by atoms with Gasteiger partial charge in [-0.2, -0.15) is 0 Å². The second kappa shape index (κ2) is 5.72. The molecule has 0 aromatic heterocycles. The van der Waals surface area contributed by atoms with Crippen molar-refractivity contribution in [1.82, 2.24) is 0 Å². The molecule has 0 heterocycles. The highest BCUT2D eigenvalue weighted by Crippen LogP contribution is 2.26. The topological polar surface area (TPSA) is 12.4 Å². The second-order valence-electron chi connectivity index (χ2n) is 5.12. The van der Waals surface area contributed by atoms with E-state index in [1.807, 2.05) is 6.21 Å². The molecule has 0 amide bonds. The molecule has 1 saturated carbocycles. The predicted octanol–water partition coefficient (Wildman–Crippen LogP) is 4.28. The third kappa shape index (κ3) is 3.12. The van der Waals surface area contributed by atoms with E-state index >= 15 is 0 Å². The van der Waals surface area contributed by atoms with Crippen LogP contribution in [0.3, 0.4) is 0 Å². The Kier molecular flexibility index (Phi) is 4.27. The lowest BCUT2D eigenvalue weighted by atomic mass is 9.86. The van der Waals surface area contributed by atoms with E-state index in [4.69, 9.17) is 4.99 Å². The van der Waals surface area contributed by atoms with Gasteiger partial charge < -0.3 is 0 Å². The zero-order chi connectivity index (χ0) is 12.3. The van der Waals surface area contributed by atoms with Gasteiger partial charge in [0.05, 0.1) is 6.04 Å². The van der Waals surface area contributed by atoms with Gasteiger partial charge in [0.15, 0.2) is 0 Å². The molecule has 0 aliphatic heterocycles. The average molecular weight is 247 g/mol. The molecule has 1 fully saturated rings. The van der Waals surface area contributed by atoms with E-state index in [1.165, 1.54) is 31.2 Å². The summed E-state index contributed by atoms with van der Waals surface area (Å²) in [5.74, 6) is 0.730. The van der Waals surface area contributed by atoms with E-state index in [0.717, 1.165) is 16.4 Å². The van der Waals surface area contributed by atoms with Crippen LogP contribution in [0, 0.1) is 12.8 Å². The fraction of sp³-hybridized carbons (Fsp3) is 0.533.